The van der Waals surface area contributed by atoms with Crippen molar-refractivity contribution < 1.29 is 29.0 Å². The minimum absolute atomic E-state index is 0.0309. The molecule has 5 aromatic carbocycles. The van der Waals surface area contributed by atoms with E-state index < -0.39 is 23.0 Å². The first-order chi connectivity index (χ1) is 23.3. The quantitative estimate of drug-likeness (QED) is 0.0819. The van der Waals surface area contributed by atoms with Gasteiger partial charge in [0.1, 0.15) is 16.7 Å². The largest absolute Gasteiger partial charge is 0.497 e. The monoisotopic (exact) mass is 657 g/mol. The summed E-state index contributed by atoms with van der Waals surface area (Å²) in [4.78, 5) is 52.1. The zero-order chi connectivity index (χ0) is 33.9. The van der Waals surface area contributed by atoms with E-state index in [2.05, 4.69) is 16.0 Å². The highest BCUT2D eigenvalue weighted by Gasteiger charge is 2.23. The van der Waals surface area contributed by atoms with Gasteiger partial charge in [0.15, 0.2) is 0 Å². The van der Waals surface area contributed by atoms with Gasteiger partial charge in [-0.3, -0.25) is 14.4 Å². The van der Waals surface area contributed by atoms with Gasteiger partial charge in [-0.25, -0.2) is 4.79 Å². The van der Waals surface area contributed by atoms with E-state index in [0.717, 1.165) is 10.5 Å². The van der Waals surface area contributed by atoms with E-state index in [-0.39, 0.29) is 17.2 Å². The molecule has 0 bridgehead atoms. The fourth-order valence-corrected chi connectivity index (χ4v) is 5.65. The number of hydrogen-bond acceptors (Lipinski definition) is 6. The molecule has 9 nitrogen and oxygen atoms in total. The van der Waals surface area contributed by atoms with E-state index in [9.17, 15) is 24.3 Å². The highest BCUT2D eigenvalue weighted by Crippen LogP contribution is 2.37. The Labute approximate surface area is 281 Å². The van der Waals surface area contributed by atoms with Crippen molar-refractivity contribution >= 4 is 52.9 Å². The van der Waals surface area contributed by atoms with Crippen LogP contribution in [0.15, 0.2) is 144 Å². The molecule has 0 aliphatic rings. The third-order valence-corrected chi connectivity index (χ3v) is 8.28. The summed E-state index contributed by atoms with van der Waals surface area (Å²) in [6, 6.07) is 38.0. The molecule has 0 radical (unpaired) electrons. The fourth-order valence-electron chi connectivity index (χ4n) is 4.63. The van der Waals surface area contributed by atoms with Gasteiger partial charge < -0.3 is 25.8 Å². The van der Waals surface area contributed by atoms with Gasteiger partial charge >= 0.3 is 5.97 Å². The molecule has 240 valence electrons. The van der Waals surface area contributed by atoms with Gasteiger partial charge in [0.25, 0.3) is 11.8 Å². The number of hydrogen-bond donors (Lipinski definition) is 4. The maximum absolute atomic E-state index is 13.5. The molecule has 48 heavy (non-hydrogen) atoms. The summed E-state index contributed by atoms with van der Waals surface area (Å²) >= 11 is 1.30. The summed E-state index contributed by atoms with van der Waals surface area (Å²) in [5.74, 6) is -1.79. The first-order valence-corrected chi connectivity index (χ1v) is 15.7. The Morgan fingerprint density at radius 2 is 1.38 bits per heavy atom. The van der Waals surface area contributed by atoms with Crippen LogP contribution in [0, 0.1) is 0 Å². The topological polar surface area (TPSA) is 134 Å². The molecule has 4 N–H and O–H groups in total. The Bertz CT molecular complexity index is 1950. The second-order valence-corrected chi connectivity index (χ2v) is 11.6. The van der Waals surface area contributed by atoms with Crippen LogP contribution in [0.1, 0.15) is 37.1 Å². The molecule has 5 rings (SSSR count). The molecule has 0 heterocycles. The summed E-state index contributed by atoms with van der Waals surface area (Å²) in [5.41, 5.74) is 2.75. The van der Waals surface area contributed by atoms with E-state index >= 15 is 0 Å². The summed E-state index contributed by atoms with van der Waals surface area (Å²) in [5, 5.41) is 17.1. The average Bonchev–Trinajstić information content (AvgIpc) is 3.11. The number of methoxy groups -OCH3 is 1. The zero-order valence-electron chi connectivity index (χ0n) is 25.8. The highest BCUT2D eigenvalue weighted by molar-refractivity contribution is 8.00. The molecular formula is C38H31N3O6S. The van der Waals surface area contributed by atoms with Crippen LogP contribution in [-0.4, -0.2) is 35.9 Å². The summed E-state index contributed by atoms with van der Waals surface area (Å²) in [7, 11) is 1.55. The molecule has 0 saturated heterocycles. The zero-order valence-corrected chi connectivity index (χ0v) is 26.6. The van der Waals surface area contributed by atoms with E-state index in [1.807, 2.05) is 30.3 Å². The predicted molar refractivity (Wildman–Crippen MR) is 187 cm³/mol. The first-order valence-electron chi connectivity index (χ1n) is 14.8. The van der Waals surface area contributed by atoms with Gasteiger partial charge in [-0.15, -0.1) is 11.8 Å². The molecular weight excluding hydrogens is 626 g/mol. The fraction of sp³-hybridized carbons (Fsp3) is 0.0526. The Balaban J connectivity index is 1.33. The number of carbonyl (C=O) groups is 4. The van der Waals surface area contributed by atoms with Crippen LogP contribution in [0.3, 0.4) is 0 Å². The molecule has 10 heteroatoms. The number of carbonyl (C=O) groups excluding carboxylic acids is 3. The third-order valence-electron chi connectivity index (χ3n) is 7.02. The number of amides is 3. The molecule has 1 unspecified atom stereocenters. The van der Waals surface area contributed by atoms with Crippen LogP contribution in [0.5, 0.6) is 5.75 Å². The minimum atomic E-state index is -1.09. The SMILES string of the molecule is COc1cccc(/C=C(\NC(=O)c2ccccc2)C(=O)Nc2ccc(SC(C(=O)Nc3cccc(C(=O)O)c3)c3ccccc3)cc2)c1. The lowest BCUT2D eigenvalue weighted by atomic mass is 10.1. The summed E-state index contributed by atoms with van der Waals surface area (Å²) in [6.07, 6.45) is 1.57. The molecule has 0 spiro atoms. The second kappa shape index (κ2) is 15.9. The van der Waals surface area contributed by atoms with Gasteiger partial charge in [-0.1, -0.05) is 66.7 Å². The van der Waals surface area contributed by atoms with Crippen molar-refractivity contribution in [3.63, 3.8) is 0 Å². The Hall–Kier alpha value is -6.13. The third kappa shape index (κ3) is 8.99. The minimum Gasteiger partial charge on any atom is -0.497 e. The number of benzene rings is 5. The smallest absolute Gasteiger partial charge is 0.335 e. The van der Waals surface area contributed by atoms with Crippen molar-refractivity contribution in [2.45, 2.75) is 10.1 Å². The number of anilines is 2. The van der Waals surface area contributed by atoms with Crippen LogP contribution in [0.2, 0.25) is 0 Å². The molecule has 3 amide bonds. The number of carboxylic acids is 1. The number of ether oxygens (including phenoxy) is 1. The number of carboxylic acid groups (broad SMARTS) is 1. The van der Waals surface area contributed by atoms with Gasteiger partial charge in [0, 0.05) is 21.8 Å². The standard InChI is InChI=1S/C38H31N3O6S/c1-47-31-17-8-10-25(22-31)23-33(41-35(42)27-13-6-3-7-14-27)36(43)39-29-18-20-32(21-19-29)48-34(26-11-4-2-5-12-26)37(44)40-30-16-9-15-28(24-30)38(45)46/h2-24,34H,1H3,(H,39,43)(H,40,44)(H,41,42)(H,45,46)/b33-23-. The van der Waals surface area contributed by atoms with E-state index in [1.54, 1.807) is 104 Å². The van der Waals surface area contributed by atoms with Gasteiger partial charge in [-0.05, 0) is 83.9 Å². The van der Waals surface area contributed by atoms with Crippen molar-refractivity contribution in [1.29, 1.82) is 0 Å². The van der Waals surface area contributed by atoms with Crippen molar-refractivity contribution in [1.82, 2.24) is 5.32 Å². The van der Waals surface area contributed by atoms with E-state index in [0.29, 0.717) is 28.3 Å². The molecule has 5 aromatic rings. The molecule has 0 saturated carbocycles. The lowest BCUT2D eigenvalue weighted by Gasteiger charge is -2.18. The average molecular weight is 658 g/mol. The van der Waals surface area contributed by atoms with Crippen LogP contribution >= 0.6 is 11.8 Å². The molecule has 1 atom stereocenters. The van der Waals surface area contributed by atoms with Gasteiger partial charge in [0.2, 0.25) is 5.91 Å². The Kier molecular flexibility index (Phi) is 11.0. The van der Waals surface area contributed by atoms with E-state index in [1.165, 1.54) is 23.9 Å². The maximum Gasteiger partial charge on any atom is 0.335 e. The lowest BCUT2D eigenvalue weighted by Crippen LogP contribution is -2.30. The Morgan fingerprint density at radius 1 is 0.708 bits per heavy atom. The van der Waals surface area contributed by atoms with Crippen molar-refractivity contribution in [3.8, 4) is 5.75 Å². The number of thioether (sulfide) groups is 1. The normalized spacial score (nSPS) is 11.6. The first kappa shape index (κ1) is 33.2. The highest BCUT2D eigenvalue weighted by atomic mass is 32.2. The van der Waals surface area contributed by atoms with Gasteiger partial charge in [-0.2, -0.15) is 0 Å². The summed E-state index contributed by atoms with van der Waals surface area (Å²) in [6.45, 7) is 0. The van der Waals surface area contributed by atoms with Crippen molar-refractivity contribution in [2.24, 2.45) is 0 Å². The van der Waals surface area contributed by atoms with Gasteiger partial charge in [0.05, 0.1) is 12.7 Å². The number of rotatable bonds is 12. The van der Waals surface area contributed by atoms with E-state index in [4.69, 9.17) is 4.74 Å². The molecule has 0 aromatic heterocycles. The molecule has 0 fully saturated rings. The Morgan fingerprint density at radius 3 is 2.06 bits per heavy atom. The second-order valence-electron chi connectivity index (χ2n) is 10.4. The predicted octanol–water partition coefficient (Wildman–Crippen LogP) is 7.28. The van der Waals surface area contributed by atoms with Crippen LogP contribution in [-0.2, 0) is 9.59 Å². The van der Waals surface area contributed by atoms with Crippen molar-refractivity contribution in [2.75, 3.05) is 17.7 Å². The molecule has 0 aliphatic heterocycles. The molecule has 0 aliphatic carbocycles. The maximum atomic E-state index is 13.5. The number of aromatic carboxylic acids is 1. The lowest BCUT2D eigenvalue weighted by molar-refractivity contribution is -0.116. The van der Waals surface area contributed by atoms with Crippen molar-refractivity contribution in [3.05, 3.63) is 161 Å². The van der Waals surface area contributed by atoms with Crippen LogP contribution in [0.4, 0.5) is 11.4 Å². The number of nitrogens with one attached hydrogen (secondary N) is 3. The summed E-state index contributed by atoms with van der Waals surface area (Å²) < 4.78 is 5.30. The van der Waals surface area contributed by atoms with Crippen LogP contribution in [0.25, 0.3) is 6.08 Å². The van der Waals surface area contributed by atoms with Crippen LogP contribution < -0.4 is 20.7 Å².